The number of amides is 2. The van der Waals surface area contributed by atoms with Crippen molar-refractivity contribution in [3.63, 3.8) is 0 Å². The summed E-state index contributed by atoms with van der Waals surface area (Å²) >= 11 is 0. The molecule has 9 heteroatoms. The van der Waals surface area contributed by atoms with E-state index < -0.39 is 15.9 Å². The van der Waals surface area contributed by atoms with Gasteiger partial charge in [0.05, 0.1) is 17.4 Å². The predicted molar refractivity (Wildman–Crippen MR) is 109 cm³/mol. The normalized spacial score (nSPS) is 17.3. The summed E-state index contributed by atoms with van der Waals surface area (Å²) in [5.41, 5.74) is 0.741. The van der Waals surface area contributed by atoms with Crippen LogP contribution in [0.4, 0.5) is 4.39 Å². The first-order chi connectivity index (χ1) is 14.4. The second kappa shape index (κ2) is 9.82. The van der Waals surface area contributed by atoms with Crippen LogP contribution in [0.3, 0.4) is 0 Å². The molecule has 1 saturated heterocycles. The molecule has 1 fully saturated rings. The quantitative estimate of drug-likeness (QED) is 0.694. The Labute approximate surface area is 175 Å². The van der Waals surface area contributed by atoms with Crippen molar-refractivity contribution >= 4 is 21.8 Å². The summed E-state index contributed by atoms with van der Waals surface area (Å²) in [7, 11) is -3.65. The number of nitrogens with one attached hydrogen (secondary N) is 2. The Hall–Kier alpha value is -2.78. The molecule has 2 N–H and O–H groups in total. The Morgan fingerprint density at radius 1 is 1.03 bits per heavy atom. The van der Waals surface area contributed by atoms with Crippen molar-refractivity contribution in [2.24, 2.45) is 5.92 Å². The second-order valence-electron chi connectivity index (χ2n) is 7.14. The topological polar surface area (TPSA) is 95.6 Å². The van der Waals surface area contributed by atoms with E-state index in [0.29, 0.717) is 19.4 Å². The van der Waals surface area contributed by atoms with Gasteiger partial charge in [0.2, 0.25) is 21.8 Å². The third kappa shape index (κ3) is 5.64. The Bertz CT molecular complexity index is 981. The van der Waals surface area contributed by atoms with Crippen molar-refractivity contribution in [2.45, 2.75) is 24.3 Å². The minimum absolute atomic E-state index is 0.0836. The minimum Gasteiger partial charge on any atom is -0.350 e. The molecular formula is C21H24FN3O4S. The van der Waals surface area contributed by atoms with Gasteiger partial charge in [-0.15, -0.1) is 0 Å². The van der Waals surface area contributed by atoms with Crippen molar-refractivity contribution in [3.05, 3.63) is 66.0 Å². The summed E-state index contributed by atoms with van der Waals surface area (Å²) in [4.78, 5) is 24.6. The molecule has 1 heterocycles. The van der Waals surface area contributed by atoms with Gasteiger partial charge in [-0.25, -0.2) is 12.8 Å². The zero-order valence-electron chi connectivity index (χ0n) is 16.4. The fourth-order valence-electron chi connectivity index (χ4n) is 3.29. The van der Waals surface area contributed by atoms with Crippen LogP contribution < -0.4 is 10.6 Å². The molecule has 160 valence electrons. The molecule has 1 aliphatic rings. The molecule has 3 rings (SSSR count). The summed E-state index contributed by atoms with van der Waals surface area (Å²) in [5, 5.41) is 5.23. The molecule has 1 unspecified atom stereocenters. The van der Waals surface area contributed by atoms with Gasteiger partial charge in [-0.2, -0.15) is 4.31 Å². The van der Waals surface area contributed by atoms with Gasteiger partial charge in [-0.1, -0.05) is 30.3 Å². The van der Waals surface area contributed by atoms with Gasteiger partial charge in [0.25, 0.3) is 0 Å². The number of benzene rings is 2. The number of carbonyl (C=O) groups excluding carboxylic acids is 2. The summed E-state index contributed by atoms with van der Waals surface area (Å²) in [6.07, 6.45) is 1.13. The molecule has 1 atom stereocenters. The molecule has 0 bridgehead atoms. The number of nitrogens with zero attached hydrogens (tertiary/aromatic N) is 1. The van der Waals surface area contributed by atoms with Crippen LogP contribution >= 0.6 is 0 Å². The van der Waals surface area contributed by atoms with Gasteiger partial charge in [-0.3, -0.25) is 9.59 Å². The fraction of sp³-hybridized carbons (Fsp3) is 0.333. The van der Waals surface area contributed by atoms with E-state index in [2.05, 4.69) is 10.6 Å². The van der Waals surface area contributed by atoms with Crippen LogP contribution in [0.25, 0.3) is 0 Å². The van der Waals surface area contributed by atoms with Gasteiger partial charge in [0, 0.05) is 19.6 Å². The number of hydrogen-bond acceptors (Lipinski definition) is 4. The average Bonchev–Trinajstić information content (AvgIpc) is 2.77. The van der Waals surface area contributed by atoms with Crippen LogP contribution in [0.2, 0.25) is 0 Å². The predicted octanol–water partition coefficient (Wildman–Crippen LogP) is 1.66. The molecule has 0 saturated carbocycles. The van der Waals surface area contributed by atoms with E-state index in [9.17, 15) is 22.4 Å². The van der Waals surface area contributed by atoms with E-state index in [1.165, 1.54) is 28.6 Å². The van der Waals surface area contributed by atoms with Gasteiger partial charge >= 0.3 is 0 Å². The van der Waals surface area contributed by atoms with Crippen molar-refractivity contribution in [2.75, 3.05) is 19.6 Å². The van der Waals surface area contributed by atoms with Crippen molar-refractivity contribution in [1.82, 2.24) is 14.9 Å². The highest BCUT2D eigenvalue weighted by atomic mass is 32.2. The lowest BCUT2D eigenvalue weighted by molar-refractivity contribution is -0.129. The Kier molecular flexibility index (Phi) is 7.17. The summed E-state index contributed by atoms with van der Waals surface area (Å²) in [5.74, 6) is -1.59. The Balaban J connectivity index is 1.49. The Morgan fingerprint density at radius 2 is 1.73 bits per heavy atom. The number of hydrogen-bond donors (Lipinski definition) is 2. The number of piperidine rings is 1. The van der Waals surface area contributed by atoms with Crippen LogP contribution in [0.1, 0.15) is 18.4 Å². The first kappa shape index (κ1) is 21.9. The van der Waals surface area contributed by atoms with E-state index in [1.54, 1.807) is 30.3 Å². The lowest BCUT2D eigenvalue weighted by atomic mass is 9.99. The zero-order chi connectivity index (χ0) is 21.6. The van der Waals surface area contributed by atoms with Gasteiger partial charge in [0.15, 0.2) is 0 Å². The molecule has 0 aromatic heterocycles. The summed E-state index contributed by atoms with van der Waals surface area (Å²) in [6, 6.07) is 13.9. The highest BCUT2D eigenvalue weighted by Crippen LogP contribution is 2.23. The zero-order valence-corrected chi connectivity index (χ0v) is 17.2. The standard InChI is InChI=1S/C21H24FN3O4S/c22-18-10-8-16(9-11-18)13-23-20(26)14-24-21(27)17-5-4-12-25(15-17)30(28,29)19-6-2-1-3-7-19/h1-3,6-11,17H,4-5,12-15H2,(H,23,26)(H,24,27). The van der Waals surface area contributed by atoms with E-state index in [4.69, 9.17) is 0 Å². The molecule has 0 aliphatic carbocycles. The second-order valence-corrected chi connectivity index (χ2v) is 9.07. The molecular weight excluding hydrogens is 409 g/mol. The fourth-order valence-corrected chi connectivity index (χ4v) is 4.84. The van der Waals surface area contributed by atoms with Crippen molar-refractivity contribution in [3.8, 4) is 0 Å². The van der Waals surface area contributed by atoms with Gasteiger partial charge < -0.3 is 10.6 Å². The van der Waals surface area contributed by atoms with Crippen molar-refractivity contribution in [1.29, 1.82) is 0 Å². The maximum atomic E-state index is 12.9. The minimum atomic E-state index is -3.65. The van der Waals surface area contributed by atoms with Crippen LogP contribution in [0.5, 0.6) is 0 Å². The maximum Gasteiger partial charge on any atom is 0.243 e. The molecule has 2 amide bonds. The molecule has 0 radical (unpaired) electrons. The van der Waals surface area contributed by atoms with E-state index in [-0.39, 0.29) is 42.2 Å². The number of halogens is 1. The van der Waals surface area contributed by atoms with Crippen LogP contribution in [-0.2, 0) is 26.2 Å². The number of carbonyl (C=O) groups is 2. The third-order valence-corrected chi connectivity index (χ3v) is 6.84. The SMILES string of the molecule is O=C(CNC(=O)C1CCCN(S(=O)(=O)c2ccccc2)C1)NCc1ccc(F)cc1. The first-order valence-corrected chi connectivity index (χ1v) is 11.1. The molecule has 7 nitrogen and oxygen atoms in total. The summed E-state index contributed by atoms with van der Waals surface area (Å²) in [6.45, 7) is 0.461. The number of sulfonamides is 1. The first-order valence-electron chi connectivity index (χ1n) is 9.70. The largest absolute Gasteiger partial charge is 0.350 e. The molecule has 30 heavy (non-hydrogen) atoms. The molecule has 2 aromatic carbocycles. The van der Waals surface area contributed by atoms with E-state index in [0.717, 1.165) is 5.56 Å². The maximum absolute atomic E-state index is 12.9. The molecule has 1 aliphatic heterocycles. The lowest BCUT2D eigenvalue weighted by Gasteiger charge is -2.31. The van der Waals surface area contributed by atoms with E-state index in [1.807, 2.05) is 0 Å². The highest BCUT2D eigenvalue weighted by Gasteiger charge is 2.33. The Morgan fingerprint density at radius 3 is 2.43 bits per heavy atom. The number of rotatable bonds is 7. The van der Waals surface area contributed by atoms with Gasteiger partial charge in [-0.05, 0) is 42.7 Å². The average molecular weight is 434 g/mol. The van der Waals surface area contributed by atoms with Gasteiger partial charge in [0.1, 0.15) is 5.82 Å². The lowest BCUT2D eigenvalue weighted by Crippen LogP contribution is -2.47. The van der Waals surface area contributed by atoms with Crippen molar-refractivity contribution < 1.29 is 22.4 Å². The molecule has 2 aromatic rings. The van der Waals surface area contributed by atoms with E-state index >= 15 is 0 Å². The summed E-state index contributed by atoms with van der Waals surface area (Å²) < 4.78 is 39.8. The smallest absolute Gasteiger partial charge is 0.243 e. The molecule has 0 spiro atoms. The highest BCUT2D eigenvalue weighted by molar-refractivity contribution is 7.89. The van der Waals surface area contributed by atoms with Crippen LogP contribution in [0.15, 0.2) is 59.5 Å². The van der Waals surface area contributed by atoms with Crippen LogP contribution in [-0.4, -0.2) is 44.2 Å². The van der Waals surface area contributed by atoms with Crippen LogP contribution in [0, 0.1) is 11.7 Å². The third-order valence-electron chi connectivity index (χ3n) is 4.96. The monoisotopic (exact) mass is 433 g/mol.